The molecule has 4 aliphatic rings. The van der Waals surface area contributed by atoms with Gasteiger partial charge in [-0.1, -0.05) is 164 Å². The van der Waals surface area contributed by atoms with Gasteiger partial charge in [0.15, 0.2) is 0 Å². The Hall–Kier alpha value is -5.26. The second-order valence-corrected chi connectivity index (χ2v) is 27.4. The molecule has 3 aliphatic heterocycles. The smallest absolute Gasteiger partial charge is 0.252 e. The Labute approximate surface area is 417 Å². The highest BCUT2D eigenvalue weighted by molar-refractivity contribution is 7.26. The molecule has 1 aliphatic carbocycles. The highest BCUT2D eigenvalue weighted by Crippen LogP contribution is 2.62. The number of aryl methyl sites for hydroxylation is 2. The molecule has 2 atom stereocenters. The van der Waals surface area contributed by atoms with Crippen LogP contribution in [0.15, 0.2) is 97.1 Å². The number of aromatic nitrogens is 1. The zero-order chi connectivity index (χ0) is 48.9. The summed E-state index contributed by atoms with van der Waals surface area (Å²) in [6.07, 6.45) is 4.87. The first-order chi connectivity index (χ1) is 32.3. The zero-order valence-electron chi connectivity index (χ0n) is 44.4. The normalized spacial score (nSPS) is 19.7. The Morgan fingerprint density at radius 3 is 1.75 bits per heavy atom. The van der Waals surface area contributed by atoms with Crippen LogP contribution in [-0.2, 0) is 27.1 Å². The fourth-order valence-corrected chi connectivity index (χ4v) is 14.7. The Morgan fingerprint density at radius 2 is 1.14 bits per heavy atom. The minimum atomic E-state index is -0.109. The third-order valence-electron chi connectivity index (χ3n) is 17.8. The van der Waals surface area contributed by atoms with E-state index in [0.29, 0.717) is 0 Å². The van der Waals surface area contributed by atoms with Crippen LogP contribution < -0.4 is 26.2 Å². The quantitative estimate of drug-likeness (QED) is 0.164. The van der Waals surface area contributed by atoms with Gasteiger partial charge in [-0.3, -0.25) is 0 Å². The number of fused-ring (bicyclic) bond motifs is 12. The van der Waals surface area contributed by atoms with Crippen LogP contribution in [0.25, 0.3) is 36.9 Å². The molecule has 8 aromatic rings. The average Bonchev–Trinajstić information content (AvgIpc) is 3.87. The van der Waals surface area contributed by atoms with E-state index in [1.807, 2.05) is 11.3 Å². The lowest BCUT2D eigenvalue weighted by molar-refractivity contribution is 0.195. The highest BCUT2D eigenvalue weighted by Gasteiger charge is 2.61. The summed E-state index contributed by atoms with van der Waals surface area (Å²) in [5.41, 5.74) is 23.3. The van der Waals surface area contributed by atoms with E-state index < -0.39 is 0 Å². The lowest BCUT2D eigenvalue weighted by Crippen LogP contribution is -2.64. The molecule has 0 radical (unpaired) electrons. The largest absolute Gasteiger partial charge is 0.335 e. The van der Waals surface area contributed by atoms with Crippen molar-refractivity contribution in [3.63, 3.8) is 0 Å². The summed E-state index contributed by atoms with van der Waals surface area (Å²) in [7, 11) is 0. The molecular weight excluding hydrogens is 854 g/mol. The number of hydrogen-bond acceptors (Lipinski definition) is 3. The predicted octanol–water partition coefficient (Wildman–Crippen LogP) is 16.2. The highest BCUT2D eigenvalue weighted by atomic mass is 32.1. The van der Waals surface area contributed by atoms with Crippen molar-refractivity contribution in [1.29, 1.82) is 0 Å². The number of hydrogen-bond donors (Lipinski definition) is 0. The maximum absolute atomic E-state index is 2.94. The van der Waals surface area contributed by atoms with Crippen LogP contribution >= 0.6 is 11.3 Å². The molecule has 352 valence electrons. The van der Waals surface area contributed by atoms with Gasteiger partial charge >= 0.3 is 0 Å². The van der Waals surface area contributed by atoms with Gasteiger partial charge in [0, 0.05) is 54.7 Å². The summed E-state index contributed by atoms with van der Waals surface area (Å²) in [5, 5.41) is 4.15. The van der Waals surface area contributed by atoms with Gasteiger partial charge in [0.2, 0.25) is 0 Å². The maximum Gasteiger partial charge on any atom is 0.252 e. The second-order valence-electron chi connectivity index (χ2n) is 26.4. The number of anilines is 5. The van der Waals surface area contributed by atoms with E-state index >= 15 is 0 Å². The molecule has 3 nitrogen and oxygen atoms in total. The molecule has 2 aromatic heterocycles. The van der Waals surface area contributed by atoms with E-state index in [9.17, 15) is 0 Å². The molecule has 2 unspecified atom stereocenters. The molecule has 1 saturated carbocycles. The zero-order valence-corrected chi connectivity index (χ0v) is 45.2. The van der Waals surface area contributed by atoms with E-state index in [-0.39, 0.29) is 39.3 Å². The van der Waals surface area contributed by atoms with Crippen LogP contribution in [0.4, 0.5) is 28.4 Å². The predicted molar refractivity (Wildman–Crippen MR) is 303 cm³/mol. The second kappa shape index (κ2) is 14.2. The fourth-order valence-electron chi connectivity index (χ4n) is 13.5. The van der Waals surface area contributed by atoms with E-state index in [0.717, 1.165) is 6.42 Å². The lowest BCUT2D eigenvalue weighted by Gasteiger charge is -2.52. The molecule has 5 heterocycles. The van der Waals surface area contributed by atoms with Gasteiger partial charge in [0.05, 0.1) is 16.7 Å². The number of benzene rings is 6. The van der Waals surface area contributed by atoms with Crippen molar-refractivity contribution < 1.29 is 0 Å². The standard InChI is InChI=1S/C64H72BN3S/c1-37-29-39(59(3,4)5)23-25-49(37)66(50-26-24-40(30-38(50)2)60(6,7)8)43-35-51-55-52(36-43)68-57-46(63(15)27-19-20-28-64(63,68)16)32-42(62(12,13)14)34-48(57)65(55)47-33-41(61(9,10)11)31-45-54-44-21-17-18-22-53(44)69-58(54)67(51)56(45)47/h17-18,21-26,29-36H,19-20,27-28H2,1-16H3. The Balaban J connectivity index is 1.27. The summed E-state index contributed by atoms with van der Waals surface area (Å²) in [6.45, 7) is 38.5. The first-order valence-electron chi connectivity index (χ1n) is 26.0. The number of rotatable bonds is 3. The van der Waals surface area contributed by atoms with Crippen LogP contribution in [0.2, 0.25) is 0 Å². The third kappa shape index (κ3) is 6.17. The number of thiophene rings is 1. The van der Waals surface area contributed by atoms with Crippen molar-refractivity contribution in [2.24, 2.45) is 0 Å². The average molecular weight is 926 g/mol. The van der Waals surface area contributed by atoms with Crippen LogP contribution in [0.1, 0.15) is 162 Å². The van der Waals surface area contributed by atoms with Gasteiger partial charge in [0.25, 0.3) is 6.71 Å². The Bertz CT molecular complexity index is 3450. The van der Waals surface area contributed by atoms with Gasteiger partial charge in [0.1, 0.15) is 4.83 Å². The van der Waals surface area contributed by atoms with Crippen LogP contribution in [0.3, 0.4) is 0 Å². The molecule has 1 fully saturated rings. The summed E-state index contributed by atoms with van der Waals surface area (Å²) in [4.78, 5) is 6.92. The van der Waals surface area contributed by atoms with Gasteiger partial charge in [-0.2, -0.15) is 0 Å². The van der Waals surface area contributed by atoms with Gasteiger partial charge in [-0.05, 0) is 147 Å². The Morgan fingerprint density at radius 1 is 0.580 bits per heavy atom. The van der Waals surface area contributed by atoms with Crippen molar-refractivity contribution >= 4 is 94.1 Å². The topological polar surface area (TPSA) is 11.4 Å². The number of nitrogens with zero attached hydrogens (tertiary/aromatic N) is 3. The van der Waals surface area contributed by atoms with E-state index in [1.54, 1.807) is 5.56 Å². The first kappa shape index (κ1) is 44.9. The molecule has 0 spiro atoms. The van der Waals surface area contributed by atoms with Crippen LogP contribution in [-0.4, -0.2) is 16.8 Å². The lowest BCUT2D eigenvalue weighted by atomic mass is 9.33. The van der Waals surface area contributed by atoms with E-state index in [2.05, 4.69) is 222 Å². The fraction of sp³-hybridized carbons (Fsp3) is 0.406. The Kier molecular flexibility index (Phi) is 9.25. The first-order valence-corrected chi connectivity index (χ1v) is 26.8. The summed E-state index contributed by atoms with van der Waals surface area (Å²) in [6, 6.07) is 39.5. The minimum Gasteiger partial charge on any atom is -0.335 e. The summed E-state index contributed by atoms with van der Waals surface area (Å²) in [5.74, 6) is 0. The molecule has 5 heteroatoms. The maximum atomic E-state index is 2.94. The van der Waals surface area contributed by atoms with Crippen molar-refractivity contribution in [3.05, 3.63) is 136 Å². The molecule has 0 amide bonds. The molecule has 69 heavy (non-hydrogen) atoms. The van der Waals surface area contributed by atoms with Crippen LogP contribution in [0, 0.1) is 13.8 Å². The SMILES string of the molecule is Cc1cc(C(C)(C)C)ccc1N(c1cc2c3c(c1)-n1c4sc5ccccc5c4c4cc(C(C)(C)C)cc(c41)B3c1cc(C(C)(C)C)cc3c1N2C1(C)CCCCC31C)c1ccc(C(C)(C)C)cc1C. The molecule has 12 rings (SSSR count). The van der Waals surface area contributed by atoms with Crippen molar-refractivity contribution in [2.45, 2.75) is 169 Å². The van der Waals surface area contributed by atoms with Gasteiger partial charge in [-0.25, -0.2) is 0 Å². The van der Waals surface area contributed by atoms with Gasteiger partial charge in [-0.15, -0.1) is 11.3 Å². The van der Waals surface area contributed by atoms with Crippen LogP contribution in [0.5, 0.6) is 0 Å². The molecule has 0 saturated heterocycles. The molecule has 0 N–H and O–H groups in total. The van der Waals surface area contributed by atoms with Gasteiger partial charge < -0.3 is 14.4 Å². The molecule has 0 bridgehead atoms. The molecular formula is C64H72BN3S. The van der Waals surface area contributed by atoms with Crippen molar-refractivity contribution in [3.8, 4) is 5.69 Å². The molecule has 6 aromatic carbocycles. The van der Waals surface area contributed by atoms with E-state index in [4.69, 9.17) is 0 Å². The van der Waals surface area contributed by atoms with Crippen molar-refractivity contribution in [2.75, 3.05) is 9.80 Å². The van der Waals surface area contributed by atoms with E-state index in [1.165, 1.54) is 134 Å². The summed E-state index contributed by atoms with van der Waals surface area (Å²) < 4.78 is 4.10. The summed E-state index contributed by atoms with van der Waals surface area (Å²) >= 11 is 1.97. The third-order valence-corrected chi connectivity index (χ3v) is 18.9. The minimum absolute atomic E-state index is 0.00632. The van der Waals surface area contributed by atoms with Crippen molar-refractivity contribution in [1.82, 2.24) is 4.57 Å². The monoisotopic (exact) mass is 926 g/mol.